The van der Waals surface area contributed by atoms with Crippen LogP contribution in [0.5, 0.6) is 0 Å². The summed E-state index contributed by atoms with van der Waals surface area (Å²) in [6.45, 7) is 13.3. The molecule has 3 heterocycles. The van der Waals surface area contributed by atoms with Gasteiger partial charge in [-0.05, 0) is 90.7 Å². The van der Waals surface area contributed by atoms with Crippen LogP contribution in [0.1, 0.15) is 43.3 Å². The summed E-state index contributed by atoms with van der Waals surface area (Å²) in [6.07, 6.45) is 1.75. The number of carbonyl (C=O) groups excluding carboxylic acids is 3. The highest BCUT2D eigenvalue weighted by molar-refractivity contribution is 8.18. The number of imide groups is 1. The molecule has 0 atom stereocenters. The number of morpholine rings is 1. The second-order valence-electron chi connectivity index (χ2n) is 11.4. The summed E-state index contributed by atoms with van der Waals surface area (Å²) >= 11 is 0.861. The maximum absolute atomic E-state index is 13.1. The number of anilines is 2. The van der Waals surface area contributed by atoms with Crippen molar-refractivity contribution in [3.63, 3.8) is 0 Å². The molecule has 1 N–H and O–H groups in total. The molecule has 0 radical (unpaired) electrons. The standard InChI is InChI=1S/C32H36N4O4S/c1-21-18-23(22(2)36(21)27-10-6-24(7-11-27)32(3,4)5)19-28-30(38)35(31(39)41-28)20-29(37)33-25-8-12-26(13-9-25)34-14-16-40-17-15-34/h6-13,18-19H,14-17,20H2,1-5H3,(H,33,37)/b28-19-. The highest BCUT2D eigenvalue weighted by Gasteiger charge is 2.36. The van der Waals surface area contributed by atoms with E-state index in [2.05, 4.69) is 59.8 Å². The van der Waals surface area contributed by atoms with E-state index in [-0.39, 0.29) is 12.0 Å². The molecule has 0 bridgehead atoms. The Morgan fingerprint density at radius 2 is 1.61 bits per heavy atom. The molecule has 3 aromatic rings. The van der Waals surface area contributed by atoms with E-state index in [1.165, 1.54) is 5.56 Å². The van der Waals surface area contributed by atoms with Crippen molar-refractivity contribution in [1.29, 1.82) is 0 Å². The number of ether oxygens (including phenoxy) is 1. The Bertz CT molecular complexity index is 1490. The van der Waals surface area contributed by atoms with Gasteiger partial charge in [0.05, 0.1) is 18.1 Å². The number of aromatic nitrogens is 1. The average molecular weight is 573 g/mol. The highest BCUT2D eigenvalue weighted by Crippen LogP contribution is 2.34. The molecular weight excluding hydrogens is 536 g/mol. The molecule has 0 unspecified atom stereocenters. The molecule has 5 rings (SSSR count). The summed E-state index contributed by atoms with van der Waals surface area (Å²) in [4.78, 5) is 42.1. The van der Waals surface area contributed by atoms with E-state index < -0.39 is 17.1 Å². The molecule has 2 fully saturated rings. The topological polar surface area (TPSA) is 83.9 Å². The molecule has 2 aromatic carbocycles. The molecule has 41 heavy (non-hydrogen) atoms. The van der Waals surface area contributed by atoms with Crippen LogP contribution in [0.4, 0.5) is 16.2 Å². The van der Waals surface area contributed by atoms with Gasteiger partial charge < -0.3 is 19.5 Å². The lowest BCUT2D eigenvalue weighted by Gasteiger charge is -2.28. The number of thioether (sulfide) groups is 1. The van der Waals surface area contributed by atoms with Crippen LogP contribution >= 0.6 is 11.8 Å². The van der Waals surface area contributed by atoms with Crippen LogP contribution in [0.15, 0.2) is 59.5 Å². The number of nitrogens with zero attached hydrogens (tertiary/aromatic N) is 3. The van der Waals surface area contributed by atoms with Gasteiger partial charge in [-0.1, -0.05) is 32.9 Å². The zero-order valence-corrected chi connectivity index (χ0v) is 25.0. The van der Waals surface area contributed by atoms with Crippen LogP contribution in [0, 0.1) is 13.8 Å². The number of aryl methyl sites for hydroxylation is 1. The van der Waals surface area contributed by atoms with Crippen molar-refractivity contribution in [2.24, 2.45) is 0 Å². The van der Waals surface area contributed by atoms with Crippen LogP contribution < -0.4 is 10.2 Å². The highest BCUT2D eigenvalue weighted by atomic mass is 32.2. The third kappa shape index (κ3) is 6.26. The molecule has 2 aliphatic rings. The SMILES string of the molecule is Cc1cc(/C=C2\SC(=O)N(CC(=O)Nc3ccc(N4CCOCC4)cc3)C2=O)c(C)n1-c1ccc(C(C)(C)C)cc1. The number of rotatable bonds is 6. The summed E-state index contributed by atoms with van der Waals surface area (Å²) in [6, 6.07) is 18.0. The molecule has 3 amide bonds. The summed E-state index contributed by atoms with van der Waals surface area (Å²) in [5, 5.41) is 2.34. The minimum Gasteiger partial charge on any atom is -0.378 e. The van der Waals surface area contributed by atoms with E-state index >= 15 is 0 Å². The first kappa shape index (κ1) is 28.7. The lowest BCUT2D eigenvalue weighted by atomic mass is 9.87. The minimum atomic E-state index is -0.461. The summed E-state index contributed by atoms with van der Waals surface area (Å²) in [5.41, 5.74) is 6.88. The number of benzene rings is 2. The van der Waals surface area contributed by atoms with E-state index in [1.807, 2.05) is 44.2 Å². The van der Waals surface area contributed by atoms with Gasteiger partial charge in [0.25, 0.3) is 11.1 Å². The third-order valence-corrected chi connectivity index (χ3v) is 8.36. The Hall–Kier alpha value is -3.82. The molecule has 0 aliphatic carbocycles. The summed E-state index contributed by atoms with van der Waals surface area (Å²) in [5.74, 6) is -0.887. The van der Waals surface area contributed by atoms with Crippen molar-refractivity contribution in [2.45, 2.75) is 40.0 Å². The number of amides is 3. The zero-order chi connectivity index (χ0) is 29.3. The average Bonchev–Trinajstić information content (AvgIpc) is 3.37. The molecule has 1 aromatic heterocycles. The van der Waals surface area contributed by atoms with Crippen molar-refractivity contribution in [1.82, 2.24) is 9.47 Å². The first-order valence-electron chi connectivity index (χ1n) is 13.8. The van der Waals surface area contributed by atoms with Crippen molar-refractivity contribution in [3.05, 3.63) is 82.0 Å². The van der Waals surface area contributed by atoms with Gasteiger partial charge in [-0.3, -0.25) is 19.3 Å². The van der Waals surface area contributed by atoms with E-state index in [9.17, 15) is 14.4 Å². The fourth-order valence-electron chi connectivity index (χ4n) is 5.14. The van der Waals surface area contributed by atoms with Gasteiger partial charge >= 0.3 is 0 Å². The van der Waals surface area contributed by atoms with E-state index in [4.69, 9.17) is 4.74 Å². The molecule has 2 aliphatic heterocycles. The minimum absolute atomic E-state index is 0.0674. The van der Waals surface area contributed by atoms with E-state index in [0.717, 1.165) is 58.1 Å². The van der Waals surface area contributed by atoms with Gasteiger partial charge in [-0.25, -0.2) is 0 Å². The molecule has 9 heteroatoms. The second-order valence-corrected chi connectivity index (χ2v) is 12.4. The number of hydrogen-bond donors (Lipinski definition) is 1. The van der Waals surface area contributed by atoms with E-state index in [0.29, 0.717) is 23.8 Å². The summed E-state index contributed by atoms with van der Waals surface area (Å²) in [7, 11) is 0. The lowest BCUT2D eigenvalue weighted by Crippen LogP contribution is -2.36. The van der Waals surface area contributed by atoms with Crippen molar-refractivity contribution in [3.8, 4) is 5.69 Å². The first-order chi connectivity index (χ1) is 19.5. The predicted molar refractivity (Wildman–Crippen MR) is 165 cm³/mol. The summed E-state index contributed by atoms with van der Waals surface area (Å²) < 4.78 is 7.54. The van der Waals surface area contributed by atoms with Crippen LogP contribution in [-0.2, 0) is 19.7 Å². The quantitative estimate of drug-likeness (QED) is 0.370. The monoisotopic (exact) mass is 572 g/mol. The van der Waals surface area contributed by atoms with Crippen LogP contribution in [-0.4, -0.2) is 59.4 Å². The van der Waals surface area contributed by atoms with Crippen LogP contribution in [0.25, 0.3) is 11.8 Å². The Morgan fingerprint density at radius 3 is 2.24 bits per heavy atom. The fourth-order valence-corrected chi connectivity index (χ4v) is 5.97. The van der Waals surface area contributed by atoms with Crippen molar-refractivity contribution < 1.29 is 19.1 Å². The number of nitrogens with one attached hydrogen (secondary N) is 1. The normalized spacial score (nSPS) is 17.0. The second kappa shape index (κ2) is 11.6. The van der Waals surface area contributed by atoms with Crippen LogP contribution in [0.2, 0.25) is 0 Å². The Morgan fingerprint density at radius 1 is 0.976 bits per heavy atom. The molecule has 8 nitrogen and oxygen atoms in total. The molecular formula is C32H36N4O4S. The Kier molecular flexibility index (Phi) is 8.11. The van der Waals surface area contributed by atoms with Gasteiger partial charge in [0.1, 0.15) is 6.54 Å². The van der Waals surface area contributed by atoms with Gasteiger partial charge in [0.2, 0.25) is 5.91 Å². The molecule has 0 saturated carbocycles. The fraction of sp³-hybridized carbons (Fsp3) is 0.344. The van der Waals surface area contributed by atoms with Crippen LogP contribution in [0.3, 0.4) is 0 Å². The predicted octanol–water partition coefficient (Wildman–Crippen LogP) is 5.90. The zero-order valence-electron chi connectivity index (χ0n) is 24.2. The smallest absolute Gasteiger partial charge is 0.294 e. The van der Waals surface area contributed by atoms with Gasteiger partial charge in [-0.15, -0.1) is 0 Å². The maximum Gasteiger partial charge on any atom is 0.294 e. The number of carbonyl (C=O) groups is 3. The van der Waals surface area contributed by atoms with Crippen molar-refractivity contribution in [2.75, 3.05) is 43.1 Å². The lowest BCUT2D eigenvalue weighted by molar-refractivity contribution is -0.127. The Balaban J connectivity index is 1.26. The molecule has 214 valence electrons. The number of hydrogen-bond acceptors (Lipinski definition) is 6. The third-order valence-electron chi connectivity index (χ3n) is 7.45. The first-order valence-corrected chi connectivity index (χ1v) is 14.6. The van der Waals surface area contributed by atoms with Gasteiger partial charge in [-0.2, -0.15) is 0 Å². The van der Waals surface area contributed by atoms with Crippen molar-refractivity contribution >= 4 is 46.3 Å². The molecule has 0 spiro atoms. The van der Waals surface area contributed by atoms with Gasteiger partial charge in [0.15, 0.2) is 0 Å². The van der Waals surface area contributed by atoms with Gasteiger partial charge in [0, 0.05) is 41.5 Å². The Labute approximate surface area is 245 Å². The molecule has 2 saturated heterocycles. The largest absolute Gasteiger partial charge is 0.378 e. The van der Waals surface area contributed by atoms with E-state index in [1.54, 1.807) is 6.08 Å². The maximum atomic E-state index is 13.1.